The predicted molar refractivity (Wildman–Crippen MR) is 144 cm³/mol. The van der Waals surface area contributed by atoms with Crippen LogP contribution in [0.1, 0.15) is 50.5 Å². The molecule has 0 radical (unpaired) electrons. The van der Waals surface area contributed by atoms with E-state index in [9.17, 15) is 14.9 Å². The van der Waals surface area contributed by atoms with Crippen molar-refractivity contribution in [3.05, 3.63) is 58.1 Å². The number of ether oxygens (including phenoxy) is 2. The number of nitrogens with zero attached hydrogens (tertiary/aromatic N) is 3. The number of hydrogen-bond donors (Lipinski definition) is 1. The van der Waals surface area contributed by atoms with Crippen molar-refractivity contribution in [2.24, 2.45) is 0 Å². The molecule has 0 aromatic heterocycles. The first-order chi connectivity index (χ1) is 18.0. The number of likely N-dealkylation sites (tertiary alicyclic amines) is 2. The van der Waals surface area contributed by atoms with Gasteiger partial charge in [-0.15, -0.1) is 0 Å². The van der Waals surface area contributed by atoms with Crippen LogP contribution in [0.3, 0.4) is 0 Å². The van der Waals surface area contributed by atoms with E-state index < -0.39 is 4.92 Å². The number of anilines is 1. The average Bonchev–Trinajstić information content (AvgIpc) is 2.93. The van der Waals surface area contributed by atoms with Gasteiger partial charge in [-0.3, -0.25) is 14.9 Å². The van der Waals surface area contributed by atoms with Gasteiger partial charge in [0.15, 0.2) is 5.75 Å². The molecule has 2 aromatic rings. The molecule has 0 aliphatic carbocycles. The van der Waals surface area contributed by atoms with E-state index in [2.05, 4.69) is 22.3 Å². The topological polar surface area (TPSA) is 97.2 Å². The van der Waals surface area contributed by atoms with Gasteiger partial charge in [-0.25, -0.2) is 0 Å². The maximum atomic E-state index is 12.9. The van der Waals surface area contributed by atoms with Crippen LogP contribution in [0.15, 0.2) is 42.5 Å². The lowest BCUT2D eigenvalue weighted by Gasteiger charge is -2.35. The number of amides is 1. The average molecular weight is 511 g/mol. The van der Waals surface area contributed by atoms with Crippen LogP contribution >= 0.6 is 0 Å². The fourth-order valence-corrected chi connectivity index (χ4v) is 5.31. The number of benzene rings is 2. The molecule has 0 spiro atoms. The Bertz CT molecular complexity index is 1050. The maximum Gasteiger partial charge on any atom is 0.311 e. The van der Waals surface area contributed by atoms with Gasteiger partial charge in [0.25, 0.3) is 0 Å². The van der Waals surface area contributed by atoms with Crippen molar-refractivity contribution in [2.45, 2.75) is 51.0 Å². The van der Waals surface area contributed by atoms with E-state index in [1.54, 1.807) is 26.2 Å². The molecule has 0 atom stereocenters. The summed E-state index contributed by atoms with van der Waals surface area (Å²) in [5.41, 5.74) is 2.14. The molecule has 2 aliphatic rings. The Kier molecular flexibility index (Phi) is 9.22. The largest absolute Gasteiger partial charge is 0.497 e. The van der Waals surface area contributed by atoms with Crippen molar-refractivity contribution in [1.82, 2.24) is 9.80 Å². The molecule has 37 heavy (non-hydrogen) atoms. The first-order valence-electron chi connectivity index (χ1n) is 13.3. The third-order valence-electron chi connectivity index (χ3n) is 7.49. The summed E-state index contributed by atoms with van der Waals surface area (Å²) in [6.45, 7) is 6.48. The Labute approximate surface area is 218 Å². The van der Waals surface area contributed by atoms with Crippen molar-refractivity contribution in [2.75, 3.05) is 51.8 Å². The molecular weight excluding hydrogens is 472 g/mol. The van der Waals surface area contributed by atoms with Crippen LogP contribution in [-0.2, 0) is 4.79 Å². The molecule has 0 unspecified atom stereocenters. The number of nitrogens with one attached hydrogen (secondary N) is 1. The van der Waals surface area contributed by atoms with Crippen molar-refractivity contribution < 1.29 is 19.2 Å². The Morgan fingerprint density at radius 1 is 1.05 bits per heavy atom. The normalized spacial score (nSPS) is 17.4. The van der Waals surface area contributed by atoms with Gasteiger partial charge in [-0.2, -0.15) is 0 Å². The van der Waals surface area contributed by atoms with Crippen LogP contribution in [0.2, 0.25) is 0 Å². The third-order valence-corrected chi connectivity index (χ3v) is 7.49. The molecule has 4 rings (SSSR count). The van der Waals surface area contributed by atoms with E-state index in [0.29, 0.717) is 18.9 Å². The zero-order valence-electron chi connectivity index (χ0n) is 21.9. The molecule has 200 valence electrons. The fourth-order valence-electron chi connectivity index (χ4n) is 5.31. The standard InChI is InChI=1S/C28H38N4O5/c1-3-37-27-20-24(6-9-26(27)32(34)35)29-23-12-18-31(19-13-23)28(33)14-17-30-15-10-22(11-16-30)21-4-7-25(36-2)8-5-21/h4-9,20,22-23,29H,3,10-19H2,1-2H3. The maximum absolute atomic E-state index is 12.9. The SMILES string of the molecule is CCOc1cc(NC2CCN(C(=O)CCN3CCC(c4ccc(OC)cc4)CC3)CC2)ccc1[N+](=O)[O-]. The second-order valence-electron chi connectivity index (χ2n) is 9.81. The van der Waals surface area contributed by atoms with E-state index >= 15 is 0 Å². The van der Waals surface area contributed by atoms with Crippen molar-refractivity contribution in [3.63, 3.8) is 0 Å². The van der Waals surface area contributed by atoms with E-state index in [4.69, 9.17) is 9.47 Å². The highest BCUT2D eigenvalue weighted by molar-refractivity contribution is 5.76. The molecule has 2 fully saturated rings. The molecule has 2 saturated heterocycles. The highest BCUT2D eigenvalue weighted by atomic mass is 16.6. The number of nitro benzene ring substituents is 1. The predicted octanol–water partition coefficient (Wildman–Crippen LogP) is 4.67. The summed E-state index contributed by atoms with van der Waals surface area (Å²) in [6.07, 6.45) is 4.49. The van der Waals surface area contributed by atoms with Gasteiger partial charge >= 0.3 is 5.69 Å². The summed E-state index contributed by atoms with van der Waals surface area (Å²) in [7, 11) is 1.69. The van der Waals surface area contributed by atoms with Crippen molar-refractivity contribution in [3.8, 4) is 11.5 Å². The second kappa shape index (κ2) is 12.8. The quantitative estimate of drug-likeness (QED) is 0.366. The summed E-state index contributed by atoms with van der Waals surface area (Å²) >= 11 is 0. The van der Waals surface area contributed by atoms with Gasteiger partial charge < -0.3 is 24.6 Å². The van der Waals surface area contributed by atoms with Gasteiger partial charge in [0.2, 0.25) is 5.91 Å². The molecule has 0 saturated carbocycles. The van der Waals surface area contributed by atoms with Crippen molar-refractivity contribution >= 4 is 17.3 Å². The lowest BCUT2D eigenvalue weighted by molar-refractivity contribution is -0.385. The Morgan fingerprint density at radius 2 is 1.76 bits per heavy atom. The molecule has 2 heterocycles. The highest BCUT2D eigenvalue weighted by Crippen LogP contribution is 2.31. The minimum absolute atomic E-state index is 0.0298. The molecule has 9 heteroatoms. The molecular formula is C28H38N4O5. The summed E-state index contributed by atoms with van der Waals surface area (Å²) < 4.78 is 10.7. The smallest absolute Gasteiger partial charge is 0.311 e. The number of rotatable bonds is 10. The monoisotopic (exact) mass is 510 g/mol. The van der Waals surface area contributed by atoms with Gasteiger partial charge in [0, 0.05) is 49.9 Å². The van der Waals surface area contributed by atoms with Crippen LogP contribution in [0.5, 0.6) is 11.5 Å². The Morgan fingerprint density at radius 3 is 2.38 bits per heavy atom. The van der Waals surface area contributed by atoms with Gasteiger partial charge in [0.1, 0.15) is 5.75 Å². The molecule has 0 bridgehead atoms. The summed E-state index contributed by atoms with van der Waals surface area (Å²) in [5.74, 6) is 1.97. The lowest BCUT2D eigenvalue weighted by Crippen LogP contribution is -2.43. The summed E-state index contributed by atoms with van der Waals surface area (Å²) in [6, 6.07) is 13.5. The van der Waals surface area contributed by atoms with Gasteiger partial charge in [0.05, 0.1) is 18.6 Å². The van der Waals surface area contributed by atoms with Crippen LogP contribution in [-0.4, -0.2) is 73.1 Å². The second-order valence-corrected chi connectivity index (χ2v) is 9.81. The summed E-state index contributed by atoms with van der Waals surface area (Å²) in [4.78, 5) is 28.0. The van der Waals surface area contributed by atoms with E-state index in [-0.39, 0.29) is 23.4 Å². The van der Waals surface area contributed by atoms with Crippen LogP contribution < -0.4 is 14.8 Å². The number of carbonyl (C=O) groups is 1. The number of carbonyl (C=O) groups excluding carboxylic acids is 1. The van der Waals surface area contributed by atoms with Crippen molar-refractivity contribution in [1.29, 1.82) is 0 Å². The van der Waals surface area contributed by atoms with E-state index in [1.165, 1.54) is 11.6 Å². The minimum atomic E-state index is -0.429. The fraction of sp³-hybridized carbons (Fsp3) is 0.536. The van der Waals surface area contributed by atoms with Crippen LogP contribution in [0.25, 0.3) is 0 Å². The third kappa shape index (κ3) is 7.13. The van der Waals surface area contributed by atoms with Crippen LogP contribution in [0, 0.1) is 10.1 Å². The Hall–Kier alpha value is -3.33. The molecule has 1 N–H and O–H groups in total. The lowest BCUT2D eigenvalue weighted by atomic mass is 9.89. The summed E-state index contributed by atoms with van der Waals surface area (Å²) in [5, 5.41) is 14.7. The molecule has 9 nitrogen and oxygen atoms in total. The number of methoxy groups -OCH3 is 1. The Balaban J connectivity index is 1.17. The first-order valence-corrected chi connectivity index (χ1v) is 13.3. The van der Waals surface area contributed by atoms with Gasteiger partial charge in [-0.1, -0.05) is 12.1 Å². The zero-order chi connectivity index (χ0) is 26.2. The molecule has 1 amide bonds. The van der Waals surface area contributed by atoms with Crippen LogP contribution in [0.4, 0.5) is 11.4 Å². The van der Waals surface area contributed by atoms with Gasteiger partial charge in [-0.05, 0) is 75.4 Å². The number of nitro groups is 1. The first kappa shape index (κ1) is 26.7. The molecule has 2 aromatic carbocycles. The minimum Gasteiger partial charge on any atom is -0.497 e. The number of piperidine rings is 2. The number of hydrogen-bond acceptors (Lipinski definition) is 7. The molecule has 2 aliphatic heterocycles. The van der Waals surface area contributed by atoms with E-state index in [0.717, 1.165) is 69.8 Å². The highest BCUT2D eigenvalue weighted by Gasteiger charge is 2.25. The van der Waals surface area contributed by atoms with E-state index in [1.807, 2.05) is 17.0 Å². The zero-order valence-corrected chi connectivity index (χ0v) is 21.9.